The number of carbonyl (C=O) groups excluding carboxylic acids is 1. The lowest BCUT2D eigenvalue weighted by Crippen LogP contribution is -2.33. The normalized spacial score (nSPS) is 17.3. The summed E-state index contributed by atoms with van der Waals surface area (Å²) in [6, 6.07) is 3.63. The molecule has 4 rings (SSSR count). The van der Waals surface area contributed by atoms with Gasteiger partial charge in [0.25, 0.3) is 5.91 Å². The summed E-state index contributed by atoms with van der Waals surface area (Å²) < 4.78 is 44.3. The highest BCUT2D eigenvalue weighted by Gasteiger charge is 2.36. The number of ether oxygens (including phenoxy) is 1. The fourth-order valence-corrected chi connectivity index (χ4v) is 3.49. The molecule has 0 spiro atoms. The van der Waals surface area contributed by atoms with E-state index in [4.69, 9.17) is 4.74 Å². The Morgan fingerprint density at radius 2 is 2.10 bits per heavy atom. The monoisotopic (exact) mass is 418 g/mol. The molecule has 2 aromatic rings. The molecule has 6 nitrogen and oxygen atoms in total. The van der Waals surface area contributed by atoms with Crippen LogP contribution in [-0.2, 0) is 6.42 Å². The number of halogens is 3. The predicted molar refractivity (Wildman–Crippen MR) is 105 cm³/mol. The highest BCUT2D eigenvalue weighted by molar-refractivity contribution is 5.98. The first kappa shape index (κ1) is 20.2. The first-order chi connectivity index (χ1) is 14.3. The number of fused-ring (bicyclic) bond motifs is 2. The number of aromatic nitrogens is 2. The van der Waals surface area contributed by atoms with Gasteiger partial charge in [-0.05, 0) is 49.5 Å². The van der Waals surface area contributed by atoms with Crippen molar-refractivity contribution in [2.24, 2.45) is 0 Å². The molecule has 1 amide bonds. The summed E-state index contributed by atoms with van der Waals surface area (Å²) in [6.45, 7) is 1.86. The van der Waals surface area contributed by atoms with E-state index in [0.717, 1.165) is 36.5 Å². The summed E-state index contributed by atoms with van der Waals surface area (Å²) >= 11 is 0. The third kappa shape index (κ3) is 4.10. The molecule has 1 aliphatic heterocycles. The highest BCUT2D eigenvalue weighted by atomic mass is 19.4. The van der Waals surface area contributed by atoms with Crippen LogP contribution in [0.3, 0.4) is 0 Å². The molecule has 0 unspecified atom stereocenters. The summed E-state index contributed by atoms with van der Waals surface area (Å²) in [5.74, 6) is 0.288. The molecule has 2 heterocycles. The molecule has 1 aromatic heterocycles. The Morgan fingerprint density at radius 1 is 1.27 bits per heavy atom. The lowest BCUT2D eigenvalue weighted by Gasteiger charge is -2.18. The summed E-state index contributed by atoms with van der Waals surface area (Å²) in [5, 5.41) is 5.10. The van der Waals surface area contributed by atoms with Gasteiger partial charge in [0, 0.05) is 11.8 Å². The molecule has 1 atom stereocenters. The zero-order valence-electron chi connectivity index (χ0n) is 16.3. The number of anilines is 1. The van der Waals surface area contributed by atoms with Gasteiger partial charge in [0.15, 0.2) is 0 Å². The average molecular weight is 418 g/mol. The minimum absolute atomic E-state index is 0.0400. The Labute approximate surface area is 171 Å². The first-order valence-corrected chi connectivity index (χ1v) is 9.78. The maximum Gasteiger partial charge on any atom is 0.408 e. The topological polar surface area (TPSA) is 76.1 Å². The van der Waals surface area contributed by atoms with E-state index in [-0.39, 0.29) is 11.9 Å². The highest BCUT2D eigenvalue weighted by Crippen LogP contribution is 2.34. The van der Waals surface area contributed by atoms with Gasteiger partial charge in [-0.25, -0.2) is 9.97 Å². The Balaban J connectivity index is 1.68. The number of rotatable bonds is 3. The third-order valence-electron chi connectivity index (χ3n) is 5.14. The lowest BCUT2D eigenvalue weighted by atomic mass is 9.96. The van der Waals surface area contributed by atoms with Gasteiger partial charge in [0.1, 0.15) is 18.4 Å². The molecule has 9 heteroatoms. The van der Waals surface area contributed by atoms with Crippen molar-refractivity contribution in [2.45, 2.75) is 38.4 Å². The minimum Gasteiger partial charge on any atom is -0.491 e. The molecule has 2 N–H and O–H groups in total. The van der Waals surface area contributed by atoms with Crippen LogP contribution < -0.4 is 15.4 Å². The zero-order chi connectivity index (χ0) is 21.3. The molecule has 1 aromatic carbocycles. The number of nitrogens with one attached hydrogen (secondary N) is 2. The van der Waals surface area contributed by atoms with E-state index in [1.54, 1.807) is 12.3 Å². The van der Waals surface area contributed by atoms with Crippen LogP contribution in [0.4, 0.5) is 19.1 Å². The molecular weight excluding hydrogens is 397 g/mol. The van der Waals surface area contributed by atoms with Crippen LogP contribution in [0.5, 0.6) is 5.75 Å². The number of benzene rings is 1. The van der Waals surface area contributed by atoms with Crippen molar-refractivity contribution in [3.63, 3.8) is 0 Å². The van der Waals surface area contributed by atoms with E-state index in [2.05, 4.69) is 26.7 Å². The van der Waals surface area contributed by atoms with Crippen LogP contribution in [0.15, 0.2) is 30.5 Å². The van der Waals surface area contributed by atoms with Crippen molar-refractivity contribution in [2.75, 3.05) is 18.5 Å². The summed E-state index contributed by atoms with van der Waals surface area (Å²) in [5.41, 5.74) is 3.67. The van der Waals surface area contributed by atoms with Crippen LogP contribution in [0.25, 0.3) is 5.57 Å². The van der Waals surface area contributed by atoms with Crippen molar-refractivity contribution >= 4 is 17.4 Å². The Bertz CT molecular complexity index is 1000. The van der Waals surface area contributed by atoms with Gasteiger partial charge in [-0.3, -0.25) is 4.79 Å². The van der Waals surface area contributed by atoms with Crippen LogP contribution in [0, 0.1) is 0 Å². The van der Waals surface area contributed by atoms with Crippen LogP contribution in [0.2, 0.25) is 0 Å². The van der Waals surface area contributed by atoms with Crippen LogP contribution >= 0.6 is 0 Å². The van der Waals surface area contributed by atoms with E-state index >= 15 is 0 Å². The van der Waals surface area contributed by atoms with E-state index in [1.165, 1.54) is 0 Å². The van der Waals surface area contributed by atoms with Gasteiger partial charge >= 0.3 is 6.18 Å². The quantitative estimate of drug-likeness (QED) is 0.795. The molecule has 0 radical (unpaired) electrons. The molecule has 2 aliphatic rings. The number of carbonyl (C=O) groups is 1. The number of alkyl halides is 3. The first-order valence-electron chi connectivity index (χ1n) is 9.78. The van der Waals surface area contributed by atoms with Gasteiger partial charge in [-0.1, -0.05) is 12.1 Å². The fraction of sp³-hybridized carbons (Fsp3) is 0.381. The second kappa shape index (κ2) is 7.97. The smallest absolute Gasteiger partial charge is 0.408 e. The summed E-state index contributed by atoms with van der Waals surface area (Å²) in [4.78, 5) is 20.6. The third-order valence-corrected chi connectivity index (χ3v) is 5.14. The molecule has 0 saturated heterocycles. The molecule has 0 bridgehead atoms. The Hall–Kier alpha value is -3.10. The molecule has 0 fully saturated rings. The van der Waals surface area contributed by atoms with E-state index in [9.17, 15) is 18.0 Å². The summed E-state index contributed by atoms with van der Waals surface area (Å²) in [7, 11) is 0. The minimum atomic E-state index is -4.38. The number of nitrogens with zero attached hydrogens (tertiary/aromatic N) is 2. The van der Waals surface area contributed by atoms with Crippen molar-refractivity contribution in [1.29, 1.82) is 0 Å². The van der Waals surface area contributed by atoms with Crippen LogP contribution in [0.1, 0.15) is 46.9 Å². The Kier molecular flexibility index (Phi) is 5.36. The molecular formula is C21H21F3N4O2. The maximum atomic E-state index is 12.8. The molecule has 1 aliphatic carbocycles. The van der Waals surface area contributed by atoms with Crippen molar-refractivity contribution in [1.82, 2.24) is 15.3 Å². The van der Waals surface area contributed by atoms with Crippen molar-refractivity contribution < 1.29 is 22.7 Å². The fourth-order valence-electron chi connectivity index (χ4n) is 3.49. The largest absolute Gasteiger partial charge is 0.491 e. The molecule has 30 heavy (non-hydrogen) atoms. The van der Waals surface area contributed by atoms with Gasteiger partial charge in [-0.15, -0.1) is 0 Å². The van der Waals surface area contributed by atoms with Crippen LogP contribution in [-0.4, -0.2) is 41.2 Å². The van der Waals surface area contributed by atoms with Crippen molar-refractivity contribution in [3.8, 4) is 5.75 Å². The van der Waals surface area contributed by atoms with Gasteiger partial charge in [0.05, 0.1) is 17.8 Å². The number of hydrogen-bond donors (Lipinski definition) is 2. The van der Waals surface area contributed by atoms with E-state index in [0.29, 0.717) is 36.6 Å². The molecule has 158 valence electrons. The van der Waals surface area contributed by atoms with Gasteiger partial charge < -0.3 is 15.4 Å². The maximum absolute atomic E-state index is 12.8. The van der Waals surface area contributed by atoms with E-state index in [1.807, 2.05) is 12.1 Å². The number of amides is 1. The summed E-state index contributed by atoms with van der Waals surface area (Å²) in [6.07, 6.45) is 1.51. The average Bonchev–Trinajstić information content (AvgIpc) is 3.02. The Morgan fingerprint density at radius 3 is 2.90 bits per heavy atom. The number of aryl methyl sites for hydroxylation is 1. The van der Waals surface area contributed by atoms with E-state index < -0.39 is 12.2 Å². The standard InChI is InChI=1S/C21H21F3N4O2/c1-12(21(22,23)24)27-20-26-11-16-14(4-2-3-5-17(16)28-20)13-6-7-15-18(10-13)30-9-8-25-19(15)29/h4,6-7,10-12H,2-3,5,8-9H2,1H3,(H,25,29)(H,26,27,28)/t12-/m1/s1. The second-order valence-corrected chi connectivity index (χ2v) is 7.29. The number of hydrogen-bond acceptors (Lipinski definition) is 5. The second-order valence-electron chi connectivity index (χ2n) is 7.29. The lowest BCUT2D eigenvalue weighted by molar-refractivity contribution is -0.138. The molecule has 0 saturated carbocycles. The van der Waals surface area contributed by atoms with Gasteiger partial charge in [0.2, 0.25) is 5.95 Å². The zero-order valence-corrected chi connectivity index (χ0v) is 16.3. The van der Waals surface area contributed by atoms with Crippen molar-refractivity contribution in [3.05, 3.63) is 52.9 Å². The van der Waals surface area contributed by atoms with Gasteiger partial charge in [-0.2, -0.15) is 13.2 Å². The SMILES string of the molecule is C[C@@H](Nc1ncc2c(n1)CCCC=C2c1ccc2c(c1)OCCNC2=O)C(F)(F)F. The predicted octanol–water partition coefficient (Wildman–Crippen LogP) is 3.73. The number of allylic oxidation sites excluding steroid dienone is 1.